The number of carbonyl (C=O) groups excluding carboxylic acids is 1. The summed E-state index contributed by atoms with van der Waals surface area (Å²) < 4.78 is 29.1. The molecule has 1 amide bonds. The summed E-state index contributed by atoms with van der Waals surface area (Å²) in [4.78, 5) is 36.4. The summed E-state index contributed by atoms with van der Waals surface area (Å²) in [5, 5.41) is 12.4. The zero-order valence-corrected chi connectivity index (χ0v) is 30.3. The highest BCUT2D eigenvalue weighted by atomic mass is 35.5. The van der Waals surface area contributed by atoms with E-state index in [1.165, 1.54) is 0 Å². The van der Waals surface area contributed by atoms with Gasteiger partial charge in [0.15, 0.2) is 5.82 Å². The zero-order valence-electron chi connectivity index (χ0n) is 29.6. The lowest BCUT2D eigenvalue weighted by atomic mass is 9.95. The van der Waals surface area contributed by atoms with Crippen LogP contribution in [0.2, 0.25) is 5.02 Å². The summed E-state index contributed by atoms with van der Waals surface area (Å²) in [5.74, 6) is -0.233. The second-order valence-electron chi connectivity index (χ2n) is 15.1. The van der Waals surface area contributed by atoms with Crippen LogP contribution in [0, 0.1) is 17.1 Å². The Balaban J connectivity index is 1.04. The molecular weight excluding hydrogens is 695 g/mol. The average molecular weight is 737 g/mol. The molecular formula is C40H42ClFN8O3. The van der Waals surface area contributed by atoms with Gasteiger partial charge in [0.1, 0.15) is 23.6 Å². The van der Waals surface area contributed by atoms with E-state index in [4.69, 9.17) is 31.0 Å². The van der Waals surface area contributed by atoms with Gasteiger partial charge >= 0.3 is 6.01 Å². The zero-order chi connectivity index (χ0) is 36.1. The fraction of sp³-hybridized carbons (Fsp3) is 0.475. The Morgan fingerprint density at radius 1 is 1.11 bits per heavy atom. The predicted molar refractivity (Wildman–Crippen MR) is 200 cm³/mol. The molecule has 53 heavy (non-hydrogen) atoms. The van der Waals surface area contributed by atoms with Crippen LogP contribution in [-0.4, -0.2) is 118 Å². The van der Waals surface area contributed by atoms with E-state index < -0.39 is 11.9 Å². The molecule has 5 aliphatic rings. The Kier molecular flexibility index (Phi) is 9.14. The number of carbonyl (C=O) groups is 1. The third kappa shape index (κ3) is 6.27. The van der Waals surface area contributed by atoms with E-state index >= 15 is 4.39 Å². The van der Waals surface area contributed by atoms with Gasteiger partial charge in [-0.05, 0) is 56.6 Å². The summed E-state index contributed by atoms with van der Waals surface area (Å²) in [5.41, 5.74) is 0.758. The van der Waals surface area contributed by atoms with Crippen LogP contribution in [0.15, 0.2) is 54.7 Å². The van der Waals surface area contributed by atoms with E-state index in [1.807, 2.05) is 41.3 Å². The minimum Gasteiger partial charge on any atom is -0.461 e. The van der Waals surface area contributed by atoms with Gasteiger partial charge in [0.2, 0.25) is 5.91 Å². The molecule has 0 radical (unpaired) electrons. The molecule has 274 valence electrons. The molecule has 2 aromatic heterocycles. The Labute approximate surface area is 312 Å². The number of amides is 1. The summed E-state index contributed by atoms with van der Waals surface area (Å²) in [6, 6.07) is 13.6. The summed E-state index contributed by atoms with van der Waals surface area (Å²) in [7, 11) is 0. The number of piperazine rings is 1. The van der Waals surface area contributed by atoms with Crippen LogP contribution in [0.3, 0.4) is 0 Å². The topological polar surface area (TPSA) is 111 Å². The lowest BCUT2D eigenvalue weighted by Gasteiger charge is -2.41. The first-order chi connectivity index (χ1) is 25.9. The second kappa shape index (κ2) is 14.1. The maximum absolute atomic E-state index is 16.9. The van der Waals surface area contributed by atoms with Crippen molar-refractivity contribution in [3.63, 3.8) is 0 Å². The van der Waals surface area contributed by atoms with Crippen LogP contribution >= 0.6 is 11.6 Å². The van der Waals surface area contributed by atoms with Gasteiger partial charge in [-0.25, -0.2) is 4.39 Å². The Morgan fingerprint density at radius 3 is 2.72 bits per heavy atom. The fourth-order valence-corrected chi connectivity index (χ4v) is 9.66. The number of nitriles is 1. The number of morpholine rings is 1. The highest BCUT2D eigenvalue weighted by molar-refractivity contribution is 6.36. The van der Waals surface area contributed by atoms with Crippen LogP contribution < -0.4 is 9.64 Å². The third-order valence-corrected chi connectivity index (χ3v) is 12.4. The van der Waals surface area contributed by atoms with E-state index in [0.717, 1.165) is 63.7 Å². The van der Waals surface area contributed by atoms with E-state index in [1.54, 1.807) is 23.2 Å². The van der Waals surface area contributed by atoms with Crippen molar-refractivity contribution in [3.8, 4) is 23.3 Å². The molecule has 5 aliphatic heterocycles. The molecule has 2 aromatic carbocycles. The van der Waals surface area contributed by atoms with Crippen molar-refractivity contribution in [2.75, 3.05) is 63.9 Å². The second-order valence-corrected chi connectivity index (χ2v) is 15.5. The van der Waals surface area contributed by atoms with Gasteiger partial charge in [-0.3, -0.25) is 19.6 Å². The van der Waals surface area contributed by atoms with E-state index in [2.05, 4.69) is 20.9 Å². The number of benzene rings is 2. The molecule has 4 aromatic rings. The molecule has 5 saturated heterocycles. The predicted octanol–water partition coefficient (Wildman–Crippen LogP) is 5.60. The monoisotopic (exact) mass is 736 g/mol. The van der Waals surface area contributed by atoms with Crippen molar-refractivity contribution in [2.24, 2.45) is 0 Å². The van der Waals surface area contributed by atoms with E-state index in [9.17, 15) is 10.1 Å². The van der Waals surface area contributed by atoms with Crippen molar-refractivity contribution >= 4 is 45.0 Å². The lowest BCUT2D eigenvalue weighted by Crippen LogP contribution is -2.55. The molecule has 0 unspecified atom stereocenters. The van der Waals surface area contributed by atoms with Gasteiger partial charge < -0.3 is 19.3 Å². The summed E-state index contributed by atoms with van der Waals surface area (Å²) >= 11 is 6.66. The number of ether oxygens (including phenoxy) is 2. The average Bonchev–Trinajstić information content (AvgIpc) is 3.97. The highest BCUT2D eigenvalue weighted by Gasteiger charge is 2.45. The van der Waals surface area contributed by atoms with Crippen molar-refractivity contribution in [1.82, 2.24) is 29.7 Å². The van der Waals surface area contributed by atoms with Gasteiger partial charge in [-0.2, -0.15) is 15.2 Å². The molecule has 11 nitrogen and oxygen atoms in total. The molecule has 3 atom stereocenters. The van der Waals surface area contributed by atoms with Gasteiger partial charge in [0.25, 0.3) is 0 Å². The molecule has 0 N–H and O–H groups in total. The minimum absolute atomic E-state index is 0.0559. The van der Waals surface area contributed by atoms with Gasteiger partial charge in [0, 0.05) is 67.0 Å². The molecule has 2 bridgehead atoms. The fourth-order valence-electron chi connectivity index (χ4n) is 9.37. The number of rotatable bonds is 9. The normalized spacial score (nSPS) is 24.1. The quantitative estimate of drug-likeness (QED) is 0.201. The number of halogens is 2. The summed E-state index contributed by atoms with van der Waals surface area (Å²) in [6.45, 7) is 6.01. The van der Waals surface area contributed by atoms with Crippen LogP contribution in [-0.2, 0) is 9.53 Å². The van der Waals surface area contributed by atoms with Crippen molar-refractivity contribution in [2.45, 2.75) is 62.3 Å². The minimum atomic E-state index is -0.588. The first kappa shape index (κ1) is 34.4. The number of anilines is 1. The number of hydrogen-bond donors (Lipinski definition) is 0. The number of nitrogens with zero attached hydrogens (tertiary/aromatic N) is 8. The number of hydrogen-bond acceptors (Lipinski definition) is 10. The number of fused-ring (bicyclic) bond motifs is 5. The number of likely N-dealkylation sites (tertiary alicyclic amines) is 1. The first-order valence-electron chi connectivity index (χ1n) is 18.8. The standard InChI is InChI=1S/C40H42ClFN8O3/c41-32-9-2-7-26-6-1-8-30(34(26)32)36-35(42)37-31(21-44-36)38(46-39(45-37)53-25-40-12-4-16-49(40)17-5-13-40)48-18-19-50(27(22-48)11-14-43)33(51)10-3-15-47-23-29-20-28(47)24-52-29/h1-3,6-10,21,27-29H,4-5,11-13,15-20,22-25H2/b10-3+/t27-,28-,29-/m0/s1. The SMILES string of the molecule is N#CC[C@H]1CN(c2nc(OCC34CCCN3CCC4)nc3c(F)c(-c4cccc5cccc(Cl)c45)ncc23)CCN1C(=O)/C=C/CN1C[C@@H]2C[C@H]1CO2. The first-order valence-corrected chi connectivity index (χ1v) is 19.1. The third-order valence-electron chi connectivity index (χ3n) is 12.0. The van der Waals surface area contributed by atoms with Gasteiger partial charge in [0.05, 0.1) is 42.2 Å². The molecule has 0 saturated carbocycles. The van der Waals surface area contributed by atoms with Gasteiger partial charge in [-0.1, -0.05) is 48.0 Å². The number of aromatic nitrogens is 3. The molecule has 9 rings (SSSR count). The van der Waals surface area contributed by atoms with Crippen LogP contribution in [0.1, 0.15) is 38.5 Å². The van der Waals surface area contributed by atoms with Crippen molar-refractivity contribution in [3.05, 3.63) is 65.6 Å². The lowest BCUT2D eigenvalue weighted by molar-refractivity contribution is -0.128. The Morgan fingerprint density at radius 2 is 1.94 bits per heavy atom. The molecule has 7 heterocycles. The van der Waals surface area contributed by atoms with Crippen LogP contribution in [0.5, 0.6) is 6.01 Å². The van der Waals surface area contributed by atoms with E-state index in [-0.39, 0.29) is 35.1 Å². The molecule has 0 spiro atoms. The van der Waals surface area contributed by atoms with Crippen LogP contribution in [0.25, 0.3) is 32.9 Å². The largest absolute Gasteiger partial charge is 0.461 e. The Bertz CT molecular complexity index is 2130. The maximum atomic E-state index is 16.9. The highest BCUT2D eigenvalue weighted by Crippen LogP contribution is 2.41. The smallest absolute Gasteiger partial charge is 0.319 e. The van der Waals surface area contributed by atoms with Crippen molar-refractivity contribution in [1.29, 1.82) is 5.26 Å². The van der Waals surface area contributed by atoms with Crippen molar-refractivity contribution < 1.29 is 18.7 Å². The molecule has 0 aliphatic carbocycles. The maximum Gasteiger partial charge on any atom is 0.319 e. The van der Waals surface area contributed by atoms with E-state index in [0.29, 0.717) is 72.1 Å². The molecule has 13 heteroatoms. The number of pyridine rings is 1. The summed E-state index contributed by atoms with van der Waals surface area (Å²) in [6.07, 6.45) is 11.0. The molecule has 5 fully saturated rings. The van der Waals surface area contributed by atoms with Gasteiger partial charge in [-0.15, -0.1) is 0 Å². The van der Waals surface area contributed by atoms with Crippen LogP contribution in [0.4, 0.5) is 10.2 Å². The Hall–Kier alpha value is -4.41.